The van der Waals surface area contributed by atoms with Gasteiger partial charge in [-0.05, 0) is 38.1 Å². The van der Waals surface area contributed by atoms with Crippen molar-refractivity contribution >= 4 is 21.4 Å². The third-order valence-corrected chi connectivity index (χ3v) is 4.06. The first-order valence-electron chi connectivity index (χ1n) is 6.41. The van der Waals surface area contributed by atoms with E-state index in [0.717, 1.165) is 16.8 Å². The molecule has 0 saturated heterocycles. The number of hydrogen-bond acceptors (Lipinski definition) is 4. The van der Waals surface area contributed by atoms with E-state index in [4.69, 9.17) is 0 Å². The van der Waals surface area contributed by atoms with Crippen LogP contribution in [0.25, 0.3) is 0 Å². The van der Waals surface area contributed by atoms with Gasteiger partial charge in [0.2, 0.25) is 5.91 Å². The Morgan fingerprint density at radius 3 is 2.55 bits per heavy atom. The first-order chi connectivity index (χ1) is 9.19. The van der Waals surface area contributed by atoms with Crippen LogP contribution < -0.4 is 5.32 Å². The number of rotatable bonds is 6. The normalized spacial score (nSPS) is 11.7. The summed E-state index contributed by atoms with van der Waals surface area (Å²) in [6.07, 6.45) is 1.19. The summed E-state index contributed by atoms with van der Waals surface area (Å²) in [6.45, 7) is 4.46. The number of anilines is 1. The van der Waals surface area contributed by atoms with Crippen LogP contribution in [0, 0.1) is 13.8 Å². The highest BCUT2D eigenvalue weighted by molar-refractivity contribution is 7.90. The fraction of sp³-hybridized carbons (Fsp3) is 0.500. The van der Waals surface area contributed by atoms with Crippen molar-refractivity contribution < 1.29 is 13.2 Å². The van der Waals surface area contributed by atoms with Crippen LogP contribution in [0.15, 0.2) is 18.2 Å². The van der Waals surface area contributed by atoms with Gasteiger partial charge in [-0.1, -0.05) is 12.1 Å². The quantitative estimate of drug-likeness (QED) is 0.857. The number of amides is 1. The lowest BCUT2D eigenvalue weighted by Gasteiger charge is -2.16. The lowest BCUT2D eigenvalue weighted by molar-refractivity contribution is -0.117. The molecule has 1 aromatic carbocycles. The van der Waals surface area contributed by atoms with E-state index in [9.17, 15) is 13.2 Å². The molecule has 0 unspecified atom stereocenters. The first-order valence-corrected chi connectivity index (χ1v) is 8.47. The zero-order valence-electron chi connectivity index (χ0n) is 12.4. The Bertz CT molecular complexity index is 582. The molecule has 0 spiro atoms. The summed E-state index contributed by atoms with van der Waals surface area (Å²) >= 11 is 0. The van der Waals surface area contributed by atoms with Crippen LogP contribution in [0.4, 0.5) is 5.69 Å². The van der Waals surface area contributed by atoms with Crippen molar-refractivity contribution in [2.45, 2.75) is 13.8 Å². The van der Waals surface area contributed by atoms with E-state index in [0.29, 0.717) is 6.54 Å². The smallest absolute Gasteiger partial charge is 0.238 e. The molecular weight excluding hydrogens is 276 g/mol. The lowest BCUT2D eigenvalue weighted by atomic mass is 10.1. The zero-order chi connectivity index (χ0) is 15.3. The maximum Gasteiger partial charge on any atom is 0.238 e. The predicted molar refractivity (Wildman–Crippen MR) is 81.8 cm³/mol. The molecule has 0 aromatic heterocycles. The average molecular weight is 298 g/mol. The molecule has 0 heterocycles. The van der Waals surface area contributed by atoms with Gasteiger partial charge >= 0.3 is 0 Å². The second kappa shape index (κ2) is 6.85. The van der Waals surface area contributed by atoms with E-state index in [1.54, 1.807) is 11.9 Å². The Kier molecular flexibility index (Phi) is 5.71. The molecule has 0 saturated carbocycles. The minimum atomic E-state index is -3.00. The summed E-state index contributed by atoms with van der Waals surface area (Å²) in [5, 5.41) is 2.85. The van der Waals surface area contributed by atoms with Gasteiger partial charge in [-0.25, -0.2) is 8.42 Å². The van der Waals surface area contributed by atoms with Gasteiger partial charge in [0.15, 0.2) is 0 Å². The molecule has 0 aliphatic carbocycles. The molecule has 0 atom stereocenters. The van der Waals surface area contributed by atoms with Gasteiger partial charge in [0.05, 0.1) is 12.3 Å². The van der Waals surface area contributed by atoms with Gasteiger partial charge < -0.3 is 5.32 Å². The second-order valence-corrected chi connectivity index (χ2v) is 7.42. The van der Waals surface area contributed by atoms with E-state index in [1.807, 2.05) is 32.0 Å². The summed E-state index contributed by atoms with van der Waals surface area (Å²) < 4.78 is 22.1. The lowest BCUT2D eigenvalue weighted by Crippen LogP contribution is -2.33. The van der Waals surface area contributed by atoms with E-state index in [-0.39, 0.29) is 18.2 Å². The number of hydrogen-bond donors (Lipinski definition) is 1. The van der Waals surface area contributed by atoms with Crippen LogP contribution in [-0.4, -0.2) is 51.4 Å². The Labute approximate surface area is 120 Å². The Morgan fingerprint density at radius 1 is 1.30 bits per heavy atom. The van der Waals surface area contributed by atoms with Crippen molar-refractivity contribution in [3.63, 3.8) is 0 Å². The predicted octanol–water partition coefficient (Wildman–Crippen LogP) is 1.22. The third-order valence-electron chi connectivity index (χ3n) is 3.14. The number of aryl methyl sites for hydroxylation is 1. The standard InChI is InChI=1S/C14H22N2O3S/c1-11-6-5-7-13(12(11)2)15-14(17)10-16(3)8-9-20(4,18)19/h5-7H,8-10H2,1-4H3,(H,15,17). The molecule has 20 heavy (non-hydrogen) atoms. The fourth-order valence-corrected chi connectivity index (χ4v) is 2.37. The van der Waals surface area contributed by atoms with Crippen molar-refractivity contribution in [3.8, 4) is 0 Å². The fourth-order valence-electron chi connectivity index (χ4n) is 1.72. The van der Waals surface area contributed by atoms with Gasteiger partial charge in [-0.3, -0.25) is 9.69 Å². The largest absolute Gasteiger partial charge is 0.325 e. The van der Waals surface area contributed by atoms with Crippen LogP contribution in [0.3, 0.4) is 0 Å². The third kappa shape index (κ3) is 5.71. The van der Waals surface area contributed by atoms with Crippen LogP contribution >= 0.6 is 0 Å². The topological polar surface area (TPSA) is 66.5 Å². The molecule has 0 bridgehead atoms. The number of sulfone groups is 1. The molecule has 0 radical (unpaired) electrons. The summed E-state index contributed by atoms with van der Waals surface area (Å²) in [7, 11) is -1.27. The summed E-state index contributed by atoms with van der Waals surface area (Å²) in [5.41, 5.74) is 2.96. The number of likely N-dealkylation sites (N-methyl/N-ethyl adjacent to an activating group) is 1. The van der Waals surface area contributed by atoms with Crippen LogP contribution in [-0.2, 0) is 14.6 Å². The van der Waals surface area contributed by atoms with E-state index < -0.39 is 9.84 Å². The molecule has 5 nitrogen and oxygen atoms in total. The Hall–Kier alpha value is -1.40. The van der Waals surface area contributed by atoms with Crippen LogP contribution in [0.2, 0.25) is 0 Å². The van der Waals surface area contributed by atoms with Crippen LogP contribution in [0.5, 0.6) is 0 Å². The van der Waals surface area contributed by atoms with Gasteiger partial charge in [-0.15, -0.1) is 0 Å². The van der Waals surface area contributed by atoms with Gasteiger partial charge in [-0.2, -0.15) is 0 Å². The Morgan fingerprint density at radius 2 is 1.95 bits per heavy atom. The molecule has 112 valence electrons. The summed E-state index contributed by atoms with van der Waals surface area (Å²) in [6, 6.07) is 5.74. The van der Waals surface area contributed by atoms with Gasteiger partial charge in [0.25, 0.3) is 0 Å². The maximum atomic E-state index is 11.9. The summed E-state index contributed by atoms with van der Waals surface area (Å²) in [4.78, 5) is 13.6. The molecule has 1 aromatic rings. The van der Waals surface area contributed by atoms with Crippen molar-refractivity contribution in [1.29, 1.82) is 0 Å². The van der Waals surface area contributed by atoms with E-state index >= 15 is 0 Å². The molecule has 1 N–H and O–H groups in total. The Balaban J connectivity index is 2.53. The number of benzene rings is 1. The van der Waals surface area contributed by atoms with Crippen molar-refractivity contribution in [2.24, 2.45) is 0 Å². The first kappa shape index (κ1) is 16.7. The van der Waals surface area contributed by atoms with E-state index in [2.05, 4.69) is 5.32 Å². The number of carbonyl (C=O) groups excluding carboxylic acids is 1. The van der Waals surface area contributed by atoms with Gasteiger partial charge in [0, 0.05) is 18.5 Å². The van der Waals surface area contributed by atoms with Crippen molar-refractivity contribution in [2.75, 3.05) is 37.5 Å². The molecular formula is C14H22N2O3S. The highest BCUT2D eigenvalue weighted by Gasteiger charge is 2.11. The number of nitrogens with zero attached hydrogens (tertiary/aromatic N) is 1. The van der Waals surface area contributed by atoms with Gasteiger partial charge in [0.1, 0.15) is 9.84 Å². The summed E-state index contributed by atoms with van der Waals surface area (Å²) in [5.74, 6) is -0.0880. The SMILES string of the molecule is Cc1cccc(NC(=O)CN(C)CCS(C)(=O)=O)c1C. The second-order valence-electron chi connectivity index (χ2n) is 5.16. The van der Waals surface area contributed by atoms with Crippen molar-refractivity contribution in [3.05, 3.63) is 29.3 Å². The molecule has 0 aliphatic rings. The average Bonchev–Trinajstić information content (AvgIpc) is 2.31. The van der Waals surface area contributed by atoms with Crippen LogP contribution in [0.1, 0.15) is 11.1 Å². The highest BCUT2D eigenvalue weighted by Crippen LogP contribution is 2.17. The molecule has 0 fully saturated rings. The molecule has 1 rings (SSSR count). The minimum absolute atomic E-state index is 0.0558. The highest BCUT2D eigenvalue weighted by atomic mass is 32.2. The molecule has 6 heteroatoms. The monoisotopic (exact) mass is 298 g/mol. The number of carbonyl (C=O) groups is 1. The van der Waals surface area contributed by atoms with E-state index in [1.165, 1.54) is 6.26 Å². The zero-order valence-corrected chi connectivity index (χ0v) is 13.3. The minimum Gasteiger partial charge on any atom is -0.325 e. The maximum absolute atomic E-state index is 11.9. The van der Waals surface area contributed by atoms with Crippen molar-refractivity contribution in [1.82, 2.24) is 4.90 Å². The molecule has 0 aliphatic heterocycles. The number of nitrogens with one attached hydrogen (secondary N) is 1. The molecule has 1 amide bonds.